The first-order chi connectivity index (χ1) is 9.31. The maximum Gasteiger partial charge on any atom is 0.235 e. The molecule has 0 bridgehead atoms. The molecule has 0 amide bonds. The Morgan fingerprint density at radius 3 is 2.74 bits per heavy atom. The van der Waals surface area contributed by atoms with Crippen LogP contribution in [0.1, 0.15) is 0 Å². The first-order valence-corrected chi connectivity index (χ1v) is 8.64. The Bertz CT molecular complexity index is 843. The van der Waals surface area contributed by atoms with Gasteiger partial charge in [-0.3, -0.25) is 0 Å². The average Bonchev–Trinajstić information content (AvgIpc) is 3.11. The summed E-state index contributed by atoms with van der Waals surface area (Å²) in [4.78, 5) is 3.04. The van der Waals surface area contributed by atoms with Gasteiger partial charge >= 0.3 is 0 Å². The zero-order valence-electron chi connectivity index (χ0n) is 9.28. The Morgan fingerprint density at radius 2 is 2.00 bits per heavy atom. The third-order valence-electron chi connectivity index (χ3n) is 2.52. The Hall–Kier alpha value is -1.09. The highest BCUT2D eigenvalue weighted by Crippen LogP contribution is 2.35. The molecule has 0 fully saturated rings. The molecule has 0 spiro atoms. The first kappa shape index (κ1) is 11.7. The topological polar surface area (TPSA) is 43.1 Å². The van der Waals surface area contributed by atoms with E-state index in [2.05, 4.69) is 37.3 Å². The number of halogens is 1. The van der Waals surface area contributed by atoms with Crippen LogP contribution < -0.4 is 0 Å². The molecular weight excluding hydrogens is 364 g/mol. The highest BCUT2D eigenvalue weighted by Gasteiger charge is 2.15. The van der Waals surface area contributed by atoms with Gasteiger partial charge in [0.25, 0.3) is 0 Å². The van der Waals surface area contributed by atoms with Gasteiger partial charge in [-0.05, 0) is 39.5 Å². The Balaban J connectivity index is 1.89. The van der Waals surface area contributed by atoms with Gasteiger partial charge in [-0.25, -0.2) is 0 Å². The lowest BCUT2D eigenvalue weighted by atomic mass is 10.4. The molecular formula is C11H5BrN4S3. The van der Waals surface area contributed by atoms with E-state index < -0.39 is 0 Å². The predicted octanol–water partition coefficient (Wildman–Crippen LogP) is 4.41. The maximum absolute atomic E-state index is 4.62. The third kappa shape index (κ3) is 1.95. The van der Waals surface area contributed by atoms with Gasteiger partial charge in [-0.2, -0.15) is 9.61 Å². The van der Waals surface area contributed by atoms with Crippen LogP contribution in [0, 0.1) is 0 Å². The van der Waals surface area contributed by atoms with E-state index in [0.717, 1.165) is 29.3 Å². The summed E-state index contributed by atoms with van der Waals surface area (Å²) >= 11 is 8.34. The second kappa shape index (κ2) is 4.48. The minimum atomic E-state index is 0.808. The molecule has 4 heterocycles. The van der Waals surface area contributed by atoms with Gasteiger partial charge in [0.05, 0.1) is 13.5 Å². The molecule has 0 radical (unpaired) electrons. The van der Waals surface area contributed by atoms with Crippen LogP contribution in [0.25, 0.3) is 25.5 Å². The van der Waals surface area contributed by atoms with Crippen molar-refractivity contribution in [3.05, 3.63) is 33.4 Å². The summed E-state index contributed by atoms with van der Waals surface area (Å²) < 4.78 is 2.92. The highest BCUT2D eigenvalue weighted by atomic mass is 79.9. The summed E-state index contributed by atoms with van der Waals surface area (Å²) in [5, 5.41) is 16.0. The predicted molar refractivity (Wildman–Crippen MR) is 83.0 cm³/mol. The van der Waals surface area contributed by atoms with E-state index in [1.165, 1.54) is 0 Å². The molecule has 0 aromatic carbocycles. The Labute approximate surface area is 128 Å². The van der Waals surface area contributed by atoms with E-state index in [4.69, 9.17) is 0 Å². The largest absolute Gasteiger partial charge is 0.235 e. The number of thiophene rings is 2. The molecule has 0 saturated carbocycles. The number of fused-ring (bicyclic) bond motifs is 1. The van der Waals surface area contributed by atoms with Gasteiger partial charge in [-0.1, -0.05) is 17.4 Å². The van der Waals surface area contributed by atoms with Crippen LogP contribution in [-0.4, -0.2) is 19.8 Å². The number of rotatable bonds is 2. The lowest BCUT2D eigenvalue weighted by Gasteiger charge is -1.90. The summed E-state index contributed by atoms with van der Waals surface area (Å²) in [7, 11) is 0. The molecule has 4 aromatic rings. The van der Waals surface area contributed by atoms with Crippen molar-refractivity contribution in [1.29, 1.82) is 0 Å². The molecule has 19 heavy (non-hydrogen) atoms. The molecule has 4 aromatic heterocycles. The molecule has 0 saturated heterocycles. The average molecular weight is 369 g/mol. The second-order valence-electron chi connectivity index (χ2n) is 3.71. The van der Waals surface area contributed by atoms with E-state index in [-0.39, 0.29) is 0 Å². The molecule has 4 rings (SSSR count). The lowest BCUT2D eigenvalue weighted by molar-refractivity contribution is 0.975. The van der Waals surface area contributed by atoms with Crippen molar-refractivity contribution in [2.45, 2.75) is 0 Å². The zero-order valence-corrected chi connectivity index (χ0v) is 13.3. The van der Waals surface area contributed by atoms with Gasteiger partial charge in [0.15, 0.2) is 10.8 Å². The zero-order chi connectivity index (χ0) is 12.8. The van der Waals surface area contributed by atoms with Crippen molar-refractivity contribution in [2.24, 2.45) is 0 Å². The lowest BCUT2D eigenvalue weighted by Crippen LogP contribution is -1.88. The Kier molecular flexibility index (Phi) is 2.76. The van der Waals surface area contributed by atoms with E-state index in [9.17, 15) is 0 Å². The van der Waals surface area contributed by atoms with E-state index in [0.29, 0.717) is 0 Å². The summed E-state index contributed by atoms with van der Waals surface area (Å²) in [5.74, 6) is 0.808. The maximum atomic E-state index is 4.62. The van der Waals surface area contributed by atoms with Gasteiger partial charge in [0, 0.05) is 0 Å². The van der Waals surface area contributed by atoms with Crippen molar-refractivity contribution in [2.75, 3.05) is 0 Å². The summed E-state index contributed by atoms with van der Waals surface area (Å²) in [6, 6.07) is 8.13. The van der Waals surface area contributed by atoms with Gasteiger partial charge in [-0.15, -0.1) is 32.9 Å². The van der Waals surface area contributed by atoms with Crippen molar-refractivity contribution < 1.29 is 0 Å². The number of hydrogen-bond donors (Lipinski definition) is 0. The van der Waals surface area contributed by atoms with Crippen LogP contribution in [0.15, 0.2) is 33.4 Å². The van der Waals surface area contributed by atoms with Crippen LogP contribution >= 0.6 is 49.9 Å². The summed E-state index contributed by atoms with van der Waals surface area (Å²) in [6.45, 7) is 0. The smallest absolute Gasteiger partial charge is 0.181 e. The van der Waals surface area contributed by atoms with Gasteiger partial charge in [0.1, 0.15) is 0 Å². The first-order valence-electron chi connectivity index (χ1n) is 5.33. The van der Waals surface area contributed by atoms with Gasteiger partial charge < -0.3 is 0 Å². The van der Waals surface area contributed by atoms with Crippen LogP contribution in [0.5, 0.6) is 0 Å². The number of hydrogen-bond acceptors (Lipinski definition) is 6. The van der Waals surface area contributed by atoms with Crippen molar-refractivity contribution >= 4 is 54.9 Å². The number of aromatic nitrogens is 4. The van der Waals surface area contributed by atoms with Crippen LogP contribution in [0.3, 0.4) is 0 Å². The summed E-state index contributed by atoms with van der Waals surface area (Å²) in [5.41, 5.74) is 0. The van der Waals surface area contributed by atoms with Crippen LogP contribution in [-0.2, 0) is 0 Å². The standard InChI is InChI=1S/C11H5BrN4S3/c12-8-4-3-7(18-8)10-15-16-9(6-2-1-5-17-6)13-14-11(16)19-10/h1-5H. The molecule has 94 valence electrons. The molecule has 8 heteroatoms. The summed E-state index contributed by atoms with van der Waals surface area (Å²) in [6.07, 6.45) is 0. The third-order valence-corrected chi connectivity index (χ3v) is 6.07. The Morgan fingerprint density at radius 1 is 1.05 bits per heavy atom. The minimum Gasteiger partial charge on any atom is -0.181 e. The second-order valence-corrected chi connectivity index (χ2v) is 8.07. The van der Waals surface area contributed by atoms with Crippen LogP contribution in [0.4, 0.5) is 0 Å². The quantitative estimate of drug-likeness (QED) is 0.526. The number of nitrogens with zero attached hydrogens (tertiary/aromatic N) is 4. The fraction of sp³-hybridized carbons (Fsp3) is 0. The fourth-order valence-electron chi connectivity index (χ4n) is 1.71. The molecule has 4 nitrogen and oxygen atoms in total. The van der Waals surface area contributed by atoms with Crippen molar-refractivity contribution in [3.8, 4) is 20.6 Å². The van der Waals surface area contributed by atoms with Crippen LogP contribution in [0.2, 0.25) is 0 Å². The molecule has 0 N–H and O–H groups in total. The van der Waals surface area contributed by atoms with Crippen molar-refractivity contribution in [1.82, 2.24) is 19.8 Å². The monoisotopic (exact) mass is 368 g/mol. The molecule has 0 aliphatic heterocycles. The molecule has 0 unspecified atom stereocenters. The van der Waals surface area contributed by atoms with E-state index in [1.54, 1.807) is 34.0 Å². The SMILES string of the molecule is Brc1ccc(-c2nn3c(-c4cccs4)nnc3s2)s1. The highest BCUT2D eigenvalue weighted by molar-refractivity contribution is 9.11. The van der Waals surface area contributed by atoms with Gasteiger partial charge in [0.2, 0.25) is 4.96 Å². The van der Waals surface area contributed by atoms with E-state index >= 15 is 0 Å². The normalized spacial score (nSPS) is 11.4. The minimum absolute atomic E-state index is 0.808. The van der Waals surface area contributed by atoms with E-state index in [1.807, 2.05) is 28.1 Å². The molecule has 0 aliphatic rings. The van der Waals surface area contributed by atoms with Crippen molar-refractivity contribution in [3.63, 3.8) is 0 Å². The molecule has 0 aliphatic carbocycles. The fourth-order valence-corrected chi connectivity index (χ4v) is 4.67. The molecule has 0 atom stereocenters.